The minimum absolute atomic E-state index is 0.254. The fourth-order valence-electron chi connectivity index (χ4n) is 1.84. The first-order chi connectivity index (χ1) is 9.74. The molecule has 1 heterocycles. The number of nitrogens with zero attached hydrogens (tertiary/aromatic N) is 4. The summed E-state index contributed by atoms with van der Waals surface area (Å²) < 4.78 is 14.5. The largest absolute Gasteiger partial charge is 0.207 e. The zero-order valence-corrected chi connectivity index (χ0v) is 12.0. The fraction of sp³-hybridized carbons (Fsp3) is 0.0714. The lowest BCUT2D eigenvalue weighted by Gasteiger charge is -2.01. The molecule has 0 bridgehead atoms. The highest BCUT2D eigenvalue weighted by Crippen LogP contribution is 2.24. The molecule has 0 fully saturated rings. The van der Waals surface area contributed by atoms with Crippen molar-refractivity contribution >= 4 is 15.9 Å². The van der Waals surface area contributed by atoms with Crippen LogP contribution in [0.3, 0.4) is 0 Å². The average Bonchev–Trinajstić information content (AvgIpc) is 2.90. The van der Waals surface area contributed by atoms with Gasteiger partial charge < -0.3 is 0 Å². The summed E-state index contributed by atoms with van der Waals surface area (Å²) in [5, 5.41) is 12.2. The van der Waals surface area contributed by atoms with Crippen molar-refractivity contribution in [3.05, 3.63) is 64.4 Å². The summed E-state index contributed by atoms with van der Waals surface area (Å²) in [5.74, 6) is 0.237. The van der Waals surface area contributed by atoms with Gasteiger partial charge in [-0.05, 0) is 23.4 Å². The first kappa shape index (κ1) is 12.9. The van der Waals surface area contributed by atoms with Gasteiger partial charge in [-0.15, -0.1) is 10.2 Å². The molecule has 3 rings (SSSR count). The van der Waals surface area contributed by atoms with Crippen LogP contribution in [0, 0.1) is 5.82 Å². The number of tetrazole rings is 1. The molecule has 2 aromatic carbocycles. The third-order valence-corrected chi connectivity index (χ3v) is 3.53. The van der Waals surface area contributed by atoms with Gasteiger partial charge in [0.1, 0.15) is 5.82 Å². The SMILES string of the molecule is Fc1ccccc1Cn1nnc(-c2ccccc2Br)n1. The Morgan fingerprint density at radius 3 is 2.60 bits per heavy atom. The Balaban J connectivity index is 1.88. The van der Waals surface area contributed by atoms with Crippen molar-refractivity contribution < 1.29 is 4.39 Å². The molecule has 100 valence electrons. The molecule has 0 amide bonds. The zero-order chi connectivity index (χ0) is 13.9. The van der Waals surface area contributed by atoms with E-state index in [9.17, 15) is 4.39 Å². The maximum absolute atomic E-state index is 13.6. The third-order valence-electron chi connectivity index (χ3n) is 2.84. The van der Waals surface area contributed by atoms with Crippen molar-refractivity contribution in [2.45, 2.75) is 6.54 Å². The van der Waals surface area contributed by atoms with Crippen LogP contribution >= 0.6 is 15.9 Å². The van der Waals surface area contributed by atoms with Crippen molar-refractivity contribution in [3.63, 3.8) is 0 Å². The number of hydrogen-bond donors (Lipinski definition) is 0. The van der Waals surface area contributed by atoms with Gasteiger partial charge in [-0.2, -0.15) is 4.80 Å². The van der Waals surface area contributed by atoms with Crippen molar-refractivity contribution in [3.8, 4) is 11.4 Å². The molecule has 0 radical (unpaired) electrons. The Morgan fingerprint density at radius 2 is 1.80 bits per heavy atom. The quantitative estimate of drug-likeness (QED) is 0.739. The van der Waals surface area contributed by atoms with Gasteiger partial charge in [-0.3, -0.25) is 0 Å². The average molecular weight is 333 g/mol. The van der Waals surface area contributed by atoms with E-state index >= 15 is 0 Å². The van der Waals surface area contributed by atoms with Crippen LogP contribution < -0.4 is 0 Å². The molecule has 0 aliphatic heterocycles. The minimum Gasteiger partial charge on any atom is -0.207 e. The van der Waals surface area contributed by atoms with Gasteiger partial charge in [-0.25, -0.2) is 4.39 Å². The lowest BCUT2D eigenvalue weighted by atomic mass is 10.2. The minimum atomic E-state index is -0.271. The zero-order valence-electron chi connectivity index (χ0n) is 10.4. The van der Waals surface area contributed by atoms with Gasteiger partial charge in [-0.1, -0.05) is 46.3 Å². The Hall–Kier alpha value is -2.08. The summed E-state index contributed by atoms with van der Waals surface area (Å²) in [4.78, 5) is 1.38. The predicted molar refractivity (Wildman–Crippen MR) is 76.5 cm³/mol. The maximum Gasteiger partial charge on any atom is 0.206 e. The fourth-order valence-corrected chi connectivity index (χ4v) is 2.30. The van der Waals surface area contributed by atoms with E-state index in [1.807, 2.05) is 24.3 Å². The molecule has 4 nitrogen and oxygen atoms in total. The van der Waals surface area contributed by atoms with E-state index in [1.54, 1.807) is 18.2 Å². The molecule has 1 aromatic heterocycles. The molecule has 0 saturated heterocycles. The molecule has 0 unspecified atom stereocenters. The van der Waals surface area contributed by atoms with Crippen molar-refractivity contribution in [1.82, 2.24) is 20.2 Å². The Morgan fingerprint density at radius 1 is 1.05 bits per heavy atom. The van der Waals surface area contributed by atoms with Crippen molar-refractivity contribution in [1.29, 1.82) is 0 Å². The Bertz CT molecular complexity index is 741. The normalized spacial score (nSPS) is 10.7. The van der Waals surface area contributed by atoms with E-state index in [0.717, 1.165) is 10.0 Å². The van der Waals surface area contributed by atoms with Gasteiger partial charge in [0, 0.05) is 15.6 Å². The van der Waals surface area contributed by atoms with Crippen LogP contribution in [0.2, 0.25) is 0 Å². The van der Waals surface area contributed by atoms with E-state index in [0.29, 0.717) is 11.4 Å². The van der Waals surface area contributed by atoms with Crippen molar-refractivity contribution in [2.75, 3.05) is 0 Å². The second-order valence-electron chi connectivity index (χ2n) is 4.21. The number of rotatable bonds is 3. The molecule has 20 heavy (non-hydrogen) atoms. The molecule has 0 saturated carbocycles. The second-order valence-corrected chi connectivity index (χ2v) is 5.07. The van der Waals surface area contributed by atoms with Crippen LogP contribution in [-0.2, 0) is 6.54 Å². The van der Waals surface area contributed by atoms with Crippen LogP contribution in [0.1, 0.15) is 5.56 Å². The third kappa shape index (κ3) is 2.60. The molecule has 0 spiro atoms. The number of aromatic nitrogens is 4. The second kappa shape index (κ2) is 5.50. The van der Waals surface area contributed by atoms with Crippen molar-refractivity contribution in [2.24, 2.45) is 0 Å². The molecular weight excluding hydrogens is 323 g/mol. The van der Waals surface area contributed by atoms with Gasteiger partial charge in [0.2, 0.25) is 5.82 Å². The standard InChI is InChI=1S/C14H10BrFN4/c15-12-7-3-2-6-11(12)14-17-19-20(18-14)9-10-5-1-4-8-13(10)16/h1-8H,9H2. The molecule has 6 heteroatoms. The van der Waals surface area contributed by atoms with E-state index in [4.69, 9.17) is 0 Å². The molecule has 0 atom stereocenters. The molecule has 0 aliphatic carbocycles. The number of benzene rings is 2. The Labute approximate surface area is 123 Å². The summed E-state index contributed by atoms with van der Waals surface area (Å²) in [7, 11) is 0. The van der Waals surface area contributed by atoms with E-state index < -0.39 is 0 Å². The highest BCUT2D eigenvalue weighted by atomic mass is 79.9. The predicted octanol–water partition coefficient (Wildman–Crippen LogP) is 3.29. The molecular formula is C14H10BrFN4. The molecule has 0 aliphatic rings. The van der Waals surface area contributed by atoms with Crippen LogP contribution in [0.5, 0.6) is 0 Å². The van der Waals surface area contributed by atoms with E-state index in [-0.39, 0.29) is 12.4 Å². The lowest BCUT2D eigenvalue weighted by Crippen LogP contribution is -2.05. The Kier molecular flexibility index (Phi) is 3.56. The monoisotopic (exact) mass is 332 g/mol. The van der Waals surface area contributed by atoms with E-state index in [1.165, 1.54) is 10.9 Å². The van der Waals surface area contributed by atoms with Crippen LogP contribution in [0.25, 0.3) is 11.4 Å². The van der Waals surface area contributed by atoms with Gasteiger partial charge in [0.05, 0.1) is 6.54 Å². The van der Waals surface area contributed by atoms with Crippen LogP contribution in [0.15, 0.2) is 53.0 Å². The topological polar surface area (TPSA) is 43.6 Å². The highest BCUT2D eigenvalue weighted by Gasteiger charge is 2.10. The first-order valence-electron chi connectivity index (χ1n) is 6.00. The van der Waals surface area contributed by atoms with E-state index in [2.05, 4.69) is 31.3 Å². The summed E-state index contributed by atoms with van der Waals surface area (Å²) in [6.45, 7) is 0.254. The smallest absolute Gasteiger partial charge is 0.206 e. The maximum atomic E-state index is 13.6. The summed E-state index contributed by atoms with van der Waals surface area (Å²) in [5.41, 5.74) is 1.39. The lowest BCUT2D eigenvalue weighted by molar-refractivity contribution is 0.539. The van der Waals surface area contributed by atoms with Gasteiger partial charge in [0.25, 0.3) is 0 Å². The number of halogens is 2. The van der Waals surface area contributed by atoms with Gasteiger partial charge >= 0.3 is 0 Å². The summed E-state index contributed by atoms with van der Waals surface area (Å²) in [6.07, 6.45) is 0. The first-order valence-corrected chi connectivity index (χ1v) is 6.79. The van der Waals surface area contributed by atoms with Crippen LogP contribution in [0.4, 0.5) is 4.39 Å². The molecule has 3 aromatic rings. The number of hydrogen-bond acceptors (Lipinski definition) is 3. The highest BCUT2D eigenvalue weighted by molar-refractivity contribution is 9.10. The summed E-state index contributed by atoms with van der Waals surface area (Å²) in [6, 6.07) is 14.2. The summed E-state index contributed by atoms with van der Waals surface area (Å²) >= 11 is 3.44. The van der Waals surface area contributed by atoms with Gasteiger partial charge in [0.15, 0.2) is 0 Å². The molecule has 0 N–H and O–H groups in total. The van der Waals surface area contributed by atoms with Crippen LogP contribution in [-0.4, -0.2) is 20.2 Å².